The highest BCUT2D eigenvalue weighted by molar-refractivity contribution is 5.77. The number of amides is 1. The summed E-state index contributed by atoms with van der Waals surface area (Å²) in [4.78, 5) is 46.9. The van der Waals surface area contributed by atoms with Gasteiger partial charge in [-0.3, -0.25) is 14.2 Å². The fourth-order valence-corrected chi connectivity index (χ4v) is 5.29. The molecule has 0 saturated carbocycles. The van der Waals surface area contributed by atoms with E-state index < -0.39 is 11.2 Å². The Hall–Kier alpha value is -3.94. The molecule has 0 bridgehead atoms. The van der Waals surface area contributed by atoms with Crippen molar-refractivity contribution in [3.05, 3.63) is 99.0 Å². The van der Waals surface area contributed by atoms with Gasteiger partial charge in [-0.1, -0.05) is 74.5 Å². The average Bonchev–Trinajstić information content (AvgIpc) is 3.28. The lowest BCUT2D eigenvalue weighted by molar-refractivity contribution is -0.134. The van der Waals surface area contributed by atoms with Crippen LogP contribution in [0.5, 0.6) is 0 Å². The van der Waals surface area contributed by atoms with Crippen LogP contribution < -0.4 is 11.2 Å². The monoisotopic (exact) mass is 485 g/mol. The van der Waals surface area contributed by atoms with E-state index in [0.29, 0.717) is 42.6 Å². The molecule has 36 heavy (non-hydrogen) atoms. The number of likely N-dealkylation sites (tertiary alicyclic amines) is 1. The van der Waals surface area contributed by atoms with Crippen molar-refractivity contribution in [2.24, 2.45) is 11.8 Å². The second kappa shape index (κ2) is 9.97. The van der Waals surface area contributed by atoms with Crippen molar-refractivity contribution >= 4 is 17.1 Å². The standard InChI is InChI=1S/C28H31N5O3/c1-20-13-21(2)15-30(14-20)24(34)18-33-27(35)25-26(29-19-31(25)16-22-9-5-3-6-10-22)32(28(33)36)17-23-11-7-4-8-12-23/h3-12,19-21H,13-18H2,1-2H3/t20-,21-/m0/s1. The summed E-state index contributed by atoms with van der Waals surface area (Å²) in [5.74, 6) is 0.574. The van der Waals surface area contributed by atoms with E-state index in [9.17, 15) is 14.4 Å². The molecule has 1 saturated heterocycles. The molecule has 1 aliphatic heterocycles. The third kappa shape index (κ3) is 4.76. The number of hydrogen-bond acceptors (Lipinski definition) is 4. The van der Waals surface area contributed by atoms with E-state index in [0.717, 1.165) is 22.1 Å². The lowest BCUT2D eigenvalue weighted by atomic mass is 9.92. The van der Waals surface area contributed by atoms with Crippen LogP contribution in [0.3, 0.4) is 0 Å². The van der Waals surface area contributed by atoms with Crippen molar-refractivity contribution < 1.29 is 4.79 Å². The highest BCUT2D eigenvalue weighted by Gasteiger charge is 2.27. The van der Waals surface area contributed by atoms with Gasteiger partial charge in [0.1, 0.15) is 6.54 Å². The highest BCUT2D eigenvalue weighted by atomic mass is 16.2. The maximum Gasteiger partial charge on any atom is 0.333 e. The van der Waals surface area contributed by atoms with Crippen molar-refractivity contribution in [1.29, 1.82) is 0 Å². The molecule has 1 amide bonds. The van der Waals surface area contributed by atoms with E-state index in [1.54, 1.807) is 15.8 Å². The number of hydrogen-bond donors (Lipinski definition) is 0. The van der Waals surface area contributed by atoms with Gasteiger partial charge in [0.15, 0.2) is 11.2 Å². The molecule has 3 heterocycles. The Bertz CT molecular complexity index is 1480. The van der Waals surface area contributed by atoms with Gasteiger partial charge in [0, 0.05) is 19.6 Å². The summed E-state index contributed by atoms with van der Waals surface area (Å²) < 4.78 is 4.35. The lowest BCUT2D eigenvalue weighted by Crippen LogP contribution is -2.48. The van der Waals surface area contributed by atoms with E-state index in [1.165, 1.54) is 4.57 Å². The first-order chi connectivity index (χ1) is 17.4. The summed E-state index contributed by atoms with van der Waals surface area (Å²) in [6.07, 6.45) is 2.67. The number of rotatable bonds is 6. The van der Waals surface area contributed by atoms with Crippen molar-refractivity contribution in [2.75, 3.05) is 13.1 Å². The molecule has 2 atom stereocenters. The van der Waals surface area contributed by atoms with Gasteiger partial charge in [-0.2, -0.15) is 0 Å². The zero-order chi connectivity index (χ0) is 25.2. The molecule has 0 aliphatic carbocycles. The zero-order valence-corrected chi connectivity index (χ0v) is 20.7. The molecule has 0 unspecified atom stereocenters. The normalized spacial score (nSPS) is 18.0. The Kier molecular flexibility index (Phi) is 6.59. The Morgan fingerprint density at radius 1 is 0.861 bits per heavy atom. The summed E-state index contributed by atoms with van der Waals surface area (Å²) in [5, 5.41) is 0. The number of nitrogens with zero attached hydrogens (tertiary/aromatic N) is 5. The first-order valence-corrected chi connectivity index (χ1v) is 12.4. The summed E-state index contributed by atoms with van der Waals surface area (Å²) in [7, 11) is 0. The third-order valence-corrected chi connectivity index (χ3v) is 6.88. The molecule has 2 aromatic carbocycles. The number of piperidine rings is 1. The van der Waals surface area contributed by atoms with Crippen LogP contribution in [0.1, 0.15) is 31.4 Å². The number of carbonyl (C=O) groups is 1. The van der Waals surface area contributed by atoms with Crippen molar-refractivity contribution in [2.45, 2.75) is 39.9 Å². The Morgan fingerprint density at radius 3 is 2.06 bits per heavy atom. The first kappa shape index (κ1) is 23.8. The molecule has 0 radical (unpaired) electrons. The molecular formula is C28H31N5O3. The second-order valence-electron chi connectivity index (χ2n) is 10.0. The number of imidazole rings is 1. The third-order valence-electron chi connectivity index (χ3n) is 6.88. The molecule has 186 valence electrons. The van der Waals surface area contributed by atoms with E-state index in [-0.39, 0.29) is 19.0 Å². The minimum Gasteiger partial charge on any atom is -0.341 e. The number of benzene rings is 2. The summed E-state index contributed by atoms with van der Waals surface area (Å²) >= 11 is 0. The molecule has 0 spiro atoms. The van der Waals surface area contributed by atoms with Crippen LogP contribution in [0, 0.1) is 11.8 Å². The predicted octanol–water partition coefficient (Wildman–Crippen LogP) is 2.96. The van der Waals surface area contributed by atoms with Crippen LogP contribution in [-0.2, 0) is 24.4 Å². The predicted molar refractivity (Wildman–Crippen MR) is 139 cm³/mol. The van der Waals surface area contributed by atoms with E-state index >= 15 is 0 Å². The van der Waals surface area contributed by atoms with E-state index in [1.807, 2.05) is 60.7 Å². The average molecular weight is 486 g/mol. The first-order valence-electron chi connectivity index (χ1n) is 12.4. The number of carbonyl (C=O) groups excluding carboxylic acids is 1. The van der Waals surface area contributed by atoms with Gasteiger partial charge >= 0.3 is 5.69 Å². The molecule has 1 aliphatic rings. The molecule has 5 rings (SSSR count). The van der Waals surface area contributed by atoms with Crippen LogP contribution in [0.2, 0.25) is 0 Å². The van der Waals surface area contributed by atoms with Gasteiger partial charge in [0.05, 0.1) is 12.9 Å². The summed E-state index contributed by atoms with van der Waals surface area (Å²) in [6.45, 7) is 5.95. The lowest BCUT2D eigenvalue weighted by Gasteiger charge is -2.35. The fraction of sp³-hybridized carbons (Fsp3) is 0.357. The second-order valence-corrected chi connectivity index (χ2v) is 10.0. The minimum absolute atomic E-state index is 0.202. The molecule has 1 fully saturated rings. The van der Waals surface area contributed by atoms with Gasteiger partial charge < -0.3 is 9.47 Å². The molecule has 8 heteroatoms. The van der Waals surface area contributed by atoms with Crippen molar-refractivity contribution in [3.8, 4) is 0 Å². The molecular weight excluding hydrogens is 454 g/mol. The molecule has 0 N–H and O–H groups in total. The van der Waals surface area contributed by atoms with Gasteiger partial charge in [0.2, 0.25) is 5.91 Å². The van der Waals surface area contributed by atoms with E-state index in [2.05, 4.69) is 18.8 Å². The van der Waals surface area contributed by atoms with Crippen LogP contribution >= 0.6 is 0 Å². The van der Waals surface area contributed by atoms with Gasteiger partial charge in [-0.15, -0.1) is 0 Å². The van der Waals surface area contributed by atoms with Crippen LogP contribution in [0.25, 0.3) is 11.2 Å². The Morgan fingerprint density at radius 2 is 1.44 bits per heavy atom. The van der Waals surface area contributed by atoms with Crippen molar-refractivity contribution in [3.63, 3.8) is 0 Å². The Balaban J connectivity index is 1.60. The molecule has 2 aromatic heterocycles. The quantitative estimate of drug-likeness (QED) is 0.421. The minimum atomic E-state index is -0.521. The van der Waals surface area contributed by atoms with Gasteiger partial charge in [-0.25, -0.2) is 14.3 Å². The highest BCUT2D eigenvalue weighted by Crippen LogP contribution is 2.21. The number of fused-ring (bicyclic) bond motifs is 1. The summed E-state index contributed by atoms with van der Waals surface area (Å²) in [5.41, 5.74) is 1.56. The topological polar surface area (TPSA) is 82.1 Å². The fourth-order valence-electron chi connectivity index (χ4n) is 5.29. The van der Waals surface area contributed by atoms with Crippen LogP contribution in [0.15, 0.2) is 76.6 Å². The van der Waals surface area contributed by atoms with Crippen LogP contribution in [-0.4, -0.2) is 42.6 Å². The number of aromatic nitrogens is 4. The molecule has 8 nitrogen and oxygen atoms in total. The SMILES string of the molecule is C[C@H]1C[C@H](C)CN(C(=O)Cn2c(=O)c3c(ncn3Cc3ccccc3)n(Cc3ccccc3)c2=O)C1. The van der Waals surface area contributed by atoms with Gasteiger partial charge in [0.25, 0.3) is 5.56 Å². The van der Waals surface area contributed by atoms with Crippen molar-refractivity contribution in [1.82, 2.24) is 23.6 Å². The maximum absolute atomic E-state index is 13.7. The van der Waals surface area contributed by atoms with E-state index in [4.69, 9.17) is 0 Å². The zero-order valence-electron chi connectivity index (χ0n) is 20.7. The van der Waals surface area contributed by atoms with Gasteiger partial charge in [-0.05, 0) is 29.4 Å². The Labute approximate surface area is 209 Å². The molecule has 4 aromatic rings. The summed E-state index contributed by atoms with van der Waals surface area (Å²) in [6, 6.07) is 19.4. The van der Waals surface area contributed by atoms with Crippen LogP contribution in [0.4, 0.5) is 0 Å². The largest absolute Gasteiger partial charge is 0.341 e. The maximum atomic E-state index is 13.7. The smallest absolute Gasteiger partial charge is 0.333 e.